The lowest BCUT2D eigenvalue weighted by Gasteiger charge is -2.30. The molecule has 5 rings (SSSR count). The van der Waals surface area contributed by atoms with Gasteiger partial charge in [0.25, 0.3) is 0 Å². The van der Waals surface area contributed by atoms with Gasteiger partial charge in [-0.05, 0) is 66.5 Å². The van der Waals surface area contributed by atoms with Crippen molar-refractivity contribution in [3.63, 3.8) is 0 Å². The van der Waals surface area contributed by atoms with Crippen molar-refractivity contribution >= 4 is 29.2 Å². The molecule has 2 aromatic carbocycles. The van der Waals surface area contributed by atoms with Gasteiger partial charge in [-0.1, -0.05) is 54.8 Å². The predicted molar refractivity (Wildman–Crippen MR) is 149 cm³/mol. The largest absolute Gasteiger partial charge is 0.489 e. The number of carbonyl (C=O) groups excluding carboxylic acids is 1. The Morgan fingerprint density at radius 1 is 1.18 bits per heavy atom. The number of anilines is 1. The molecule has 204 valence electrons. The number of likely N-dealkylation sites (tertiary alicyclic amines) is 1. The van der Waals surface area contributed by atoms with Gasteiger partial charge in [0.2, 0.25) is 5.91 Å². The molecule has 0 radical (unpaired) electrons. The van der Waals surface area contributed by atoms with Gasteiger partial charge < -0.3 is 14.7 Å². The summed E-state index contributed by atoms with van der Waals surface area (Å²) in [6, 6.07) is 12.6. The Bertz CT molecular complexity index is 1340. The van der Waals surface area contributed by atoms with Crippen LogP contribution in [0.2, 0.25) is 5.02 Å². The fourth-order valence-corrected chi connectivity index (χ4v) is 6.08. The number of allylic oxidation sites excluding steroid dienone is 3. The monoisotopic (exact) mass is 550 g/mol. The van der Waals surface area contributed by atoms with Gasteiger partial charge in [-0.15, -0.1) is 0 Å². The fourth-order valence-electron chi connectivity index (χ4n) is 5.90. The van der Waals surface area contributed by atoms with E-state index in [1.54, 1.807) is 29.2 Å². The Hall–Kier alpha value is -3.42. The van der Waals surface area contributed by atoms with E-state index in [-0.39, 0.29) is 18.4 Å². The molecule has 3 atom stereocenters. The zero-order valence-corrected chi connectivity index (χ0v) is 22.6. The van der Waals surface area contributed by atoms with Crippen molar-refractivity contribution in [2.24, 2.45) is 11.8 Å². The number of unbranched alkanes of at least 4 members (excludes halogenated alkanes) is 1. The van der Waals surface area contributed by atoms with Crippen molar-refractivity contribution in [3.05, 3.63) is 100 Å². The zero-order chi connectivity index (χ0) is 27.5. The van der Waals surface area contributed by atoms with E-state index in [9.17, 15) is 19.1 Å². The summed E-state index contributed by atoms with van der Waals surface area (Å²) in [5.74, 6) is -1.75. The van der Waals surface area contributed by atoms with Crippen molar-refractivity contribution in [1.29, 1.82) is 0 Å². The molecule has 2 aromatic rings. The van der Waals surface area contributed by atoms with Crippen LogP contribution >= 0.6 is 11.6 Å². The van der Waals surface area contributed by atoms with Crippen LogP contribution in [0.5, 0.6) is 0 Å². The molecule has 0 saturated carbocycles. The third-order valence-electron chi connectivity index (χ3n) is 7.79. The number of ether oxygens (including phenoxy) is 1. The molecule has 3 aliphatic rings. The molecule has 1 aliphatic carbocycles. The molecule has 0 aromatic heterocycles. The topological polar surface area (TPSA) is 70.1 Å². The summed E-state index contributed by atoms with van der Waals surface area (Å²) in [5, 5.41) is 11.0. The van der Waals surface area contributed by atoms with E-state index in [4.69, 9.17) is 16.3 Å². The highest BCUT2D eigenvalue weighted by Gasteiger charge is 2.49. The average Bonchev–Trinajstić information content (AvgIpc) is 3.54. The lowest BCUT2D eigenvalue weighted by Crippen LogP contribution is -2.41. The lowest BCUT2D eigenvalue weighted by atomic mass is 9.79. The summed E-state index contributed by atoms with van der Waals surface area (Å²) >= 11 is 6.24. The Morgan fingerprint density at radius 3 is 2.69 bits per heavy atom. The third kappa shape index (κ3) is 5.80. The Morgan fingerprint density at radius 2 is 1.97 bits per heavy atom. The highest BCUT2D eigenvalue weighted by Crippen LogP contribution is 2.47. The second-order valence-corrected chi connectivity index (χ2v) is 10.7. The minimum absolute atomic E-state index is 0.0265. The first-order valence-corrected chi connectivity index (χ1v) is 13.7. The van der Waals surface area contributed by atoms with Gasteiger partial charge >= 0.3 is 5.97 Å². The van der Waals surface area contributed by atoms with Gasteiger partial charge in [0.05, 0.1) is 12.5 Å². The molecule has 1 amide bonds. The van der Waals surface area contributed by atoms with Crippen LogP contribution in [-0.2, 0) is 14.3 Å². The van der Waals surface area contributed by atoms with Gasteiger partial charge in [0.15, 0.2) is 0 Å². The number of carboxylic acid groups (broad SMARTS) is 1. The molecule has 0 bridgehead atoms. The van der Waals surface area contributed by atoms with Crippen LogP contribution in [0.15, 0.2) is 83.7 Å². The first-order chi connectivity index (χ1) is 18.9. The quantitative estimate of drug-likeness (QED) is 0.405. The fraction of sp³-hybridized carbons (Fsp3) is 0.355. The normalized spacial score (nSPS) is 22.4. The number of nitrogens with zero attached hydrogens (tertiary/aromatic N) is 2. The molecule has 1 fully saturated rings. The molecule has 0 unspecified atom stereocenters. The smallest absolute Gasteiger partial charge is 0.309 e. The Labute approximate surface area is 233 Å². The maximum absolute atomic E-state index is 13.8. The summed E-state index contributed by atoms with van der Waals surface area (Å²) in [6.45, 7) is 3.54. The van der Waals surface area contributed by atoms with Crippen LogP contribution in [0.1, 0.15) is 37.8 Å². The molecule has 2 heterocycles. The van der Waals surface area contributed by atoms with E-state index in [1.165, 1.54) is 12.1 Å². The molecule has 8 heteroatoms. The lowest BCUT2D eigenvalue weighted by molar-refractivity contribution is -0.143. The van der Waals surface area contributed by atoms with Gasteiger partial charge in [0, 0.05) is 35.8 Å². The Balaban J connectivity index is 1.49. The Kier molecular flexibility index (Phi) is 8.19. The summed E-state index contributed by atoms with van der Waals surface area (Å²) in [7, 11) is 0. The van der Waals surface area contributed by atoms with Crippen LogP contribution in [-0.4, -0.2) is 48.1 Å². The minimum Gasteiger partial charge on any atom is -0.489 e. The van der Waals surface area contributed by atoms with E-state index in [0.717, 1.165) is 29.7 Å². The van der Waals surface area contributed by atoms with Crippen molar-refractivity contribution in [2.45, 2.75) is 32.2 Å². The number of aliphatic carboxylic acids is 1. The first-order valence-electron chi connectivity index (χ1n) is 13.4. The van der Waals surface area contributed by atoms with E-state index in [2.05, 4.69) is 6.92 Å². The molecule has 2 aliphatic heterocycles. The van der Waals surface area contributed by atoms with E-state index in [0.29, 0.717) is 42.4 Å². The van der Waals surface area contributed by atoms with E-state index in [1.807, 2.05) is 35.3 Å². The maximum atomic E-state index is 13.8. The standard InChI is InChI=1S/C31H32ClFN2O4/c1-2-3-14-35(25-6-4-5-23(32)17-25)28(36)19-34-18-26(21-9-12-27-22(16-21)13-15-39-27)29(31(37)38)30(34)20-7-10-24(33)11-8-20/h4-13,17,26,29-30H,2-3,14-16,18-19H2,1H3,(H,37,38)/t26-,29+,30-/m1/s1. The van der Waals surface area contributed by atoms with Gasteiger partial charge in [-0.3, -0.25) is 14.5 Å². The molecule has 6 nitrogen and oxygen atoms in total. The van der Waals surface area contributed by atoms with Gasteiger partial charge in [-0.2, -0.15) is 0 Å². The van der Waals surface area contributed by atoms with Crippen molar-refractivity contribution in [2.75, 3.05) is 31.1 Å². The highest BCUT2D eigenvalue weighted by molar-refractivity contribution is 6.30. The van der Waals surface area contributed by atoms with Crippen LogP contribution in [0.3, 0.4) is 0 Å². The summed E-state index contributed by atoms with van der Waals surface area (Å²) in [6.07, 6.45) is 8.24. The highest BCUT2D eigenvalue weighted by atomic mass is 35.5. The van der Waals surface area contributed by atoms with Crippen LogP contribution in [0.4, 0.5) is 10.1 Å². The van der Waals surface area contributed by atoms with Gasteiger partial charge in [0.1, 0.15) is 18.2 Å². The van der Waals surface area contributed by atoms with Crippen LogP contribution < -0.4 is 4.90 Å². The first kappa shape index (κ1) is 27.2. The number of fused-ring (bicyclic) bond motifs is 1. The summed E-state index contributed by atoms with van der Waals surface area (Å²) in [5.41, 5.74) is 3.46. The van der Waals surface area contributed by atoms with E-state index >= 15 is 0 Å². The zero-order valence-electron chi connectivity index (χ0n) is 21.9. The number of benzene rings is 2. The molecular weight excluding hydrogens is 519 g/mol. The third-order valence-corrected chi connectivity index (χ3v) is 8.03. The average molecular weight is 551 g/mol. The van der Waals surface area contributed by atoms with Crippen molar-refractivity contribution < 1.29 is 23.8 Å². The second kappa shape index (κ2) is 11.8. The summed E-state index contributed by atoms with van der Waals surface area (Å²) in [4.78, 5) is 30.3. The number of rotatable bonds is 9. The number of hydrogen-bond acceptors (Lipinski definition) is 4. The number of hydrogen-bond donors (Lipinski definition) is 1. The number of amides is 1. The number of carbonyl (C=O) groups is 2. The SMILES string of the molecule is CCCCN(C(=O)CN1C[C@H](C2=CC=C3OCC=C3C2)[C@H](C(=O)O)[C@H]1c1ccc(F)cc1)c1cccc(Cl)c1. The molecular formula is C31H32ClFN2O4. The minimum atomic E-state index is -0.936. The number of halogens is 2. The van der Waals surface area contributed by atoms with Crippen molar-refractivity contribution in [3.8, 4) is 0 Å². The maximum Gasteiger partial charge on any atom is 0.309 e. The predicted octanol–water partition coefficient (Wildman–Crippen LogP) is 6.16. The van der Waals surface area contributed by atoms with Crippen molar-refractivity contribution in [1.82, 2.24) is 4.90 Å². The second-order valence-electron chi connectivity index (χ2n) is 10.3. The van der Waals surface area contributed by atoms with Crippen LogP contribution in [0, 0.1) is 17.7 Å². The summed E-state index contributed by atoms with van der Waals surface area (Å²) < 4.78 is 19.5. The molecule has 0 spiro atoms. The molecule has 1 N–H and O–H groups in total. The molecule has 1 saturated heterocycles. The number of carboxylic acids is 1. The van der Waals surface area contributed by atoms with E-state index < -0.39 is 23.7 Å². The van der Waals surface area contributed by atoms with Crippen LogP contribution in [0.25, 0.3) is 0 Å². The van der Waals surface area contributed by atoms with Gasteiger partial charge in [-0.25, -0.2) is 4.39 Å². The molecule has 39 heavy (non-hydrogen) atoms.